The SMILES string of the molecule is CCNC(=O)NCc1ccc([C@@H]2O[C@H](CSc3ncccc3C(=O)O)C[C@H](c3ccc(CO)cc3)O2)cc1. The number of carboxylic acid groups (broad SMARTS) is 1. The highest BCUT2D eigenvalue weighted by molar-refractivity contribution is 7.99. The number of urea groups is 1. The zero-order chi connectivity index (χ0) is 26.9. The summed E-state index contributed by atoms with van der Waals surface area (Å²) in [6.07, 6.45) is 1.03. The number of nitrogens with zero attached hydrogens (tertiary/aromatic N) is 1. The maximum Gasteiger partial charge on any atom is 0.338 e. The Morgan fingerprint density at radius 3 is 2.39 bits per heavy atom. The van der Waals surface area contributed by atoms with Gasteiger partial charge in [0.2, 0.25) is 0 Å². The van der Waals surface area contributed by atoms with Gasteiger partial charge >= 0.3 is 12.0 Å². The fraction of sp³-hybridized carbons (Fsp3) is 0.321. The van der Waals surface area contributed by atoms with E-state index in [2.05, 4.69) is 15.6 Å². The topological polar surface area (TPSA) is 130 Å². The third-order valence-corrected chi connectivity index (χ3v) is 7.20. The second-order valence-corrected chi connectivity index (χ2v) is 9.79. The van der Waals surface area contributed by atoms with Crippen LogP contribution in [-0.4, -0.2) is 45.6 Å². The minimum Gasteiger partial charge on any atom is -0.478 e. The number of thioether (sulfide) groups is 1. The van der Waals surface area contributed by atoms with Gasteiger partial charge in [-0.25, -0.2) is 14.6 Å². The summed E-state index contributed by atoms with van der Waals surface area (Å²) in [5, 5.41) is 24.8. The predicted molar refractivity (Wildman–Crippen MR) is 143 cm³/mol. The predicted octanol–water partition coefficient (Wildman–Crippen LogP) is 4.43. The average molecular weight is 538 g/mol. The van der Waals surface area contributed by atoms with Gasteiger partial charge < -0.3 is 30.3 Å². The van der Waals surface area contributed by atoms with Gasteiger partial charge in [0, 0.05) is 37.0 Å². The molecule has 0 saturated carbocycles. The quantitative estimate of drug-likeness (QED) is 0.280. The standard InChI is InChI=1S/C28H31N3O6S/c1-2-29-28(35)31-15-18-5-11-21(12-6-18)27-36-22(17-38-25-23(26(33)34)4-3-13-30-25)14-24(37-27)20-9-7-19(16-32)8-10-20/h3-13,22,24,27,32H,2,14-17H2,1H3,(H,33,34)(H2,29,31,35)/t22-,24+,27+/m0/s1. The number of carbonyl (C=O) groups excluding carboxylic acids is 1. The van der Waals surface area contributed by atoms with Gasteiger partial charge in [-0.3, -0.25) is 0 Å². The molecule has 0 spiro atoms. The summed E-state index contributed by atoms with van der Waals surface area (Å²) in [4.78, 5) is 27.5. The summed E-state index contributed by atoms with van der Waals surface area (Å²) >= 11 is 1.35. The van der Waals surface area contributed by atoms with E-state index < -0.39 is 12.3 Å². The van der Waals surface area contributed by atoms with Crippen LogP contribution in [0.25, 0.3) is 0 Å². The Labute approximate surface area is 225 Å². The summed E-state index contributed by atoms with van der Waals surface area (Å²) in [5.41, 5.74) is 3.72. The van der Waals surface area contributed by atoms with Crippen LogP contribution in [0.3, 0.4) is 0 Å². The molecule has 2 heterocycles. The average Bonchev–Trinajstić information content (AvgIpc) is 2.95. The fourth-order valence-corrected chi connectivity index (χ4v) is 5.07. The number of hydrogen-bond acceptors (Lipinski definition) is 7. The molecular formula is C28H31N3O6S. The van der Waals surface area contributed by atoms with Gasteiger partial charge in [-0.05, 0) is 35.7 Å². The van der Waals surface area contributed by atoms with Crippen LogP contribution in [-0.2, 0) is 22.6 Å². The summed E-state index contributed by atoms with van der Waals surface area (Å²) < 4.78 is 12.7. The Kier molecular flexibility index (Phi) is 9.72. The van der Waals surface area contributed by atoms with Gasteiger partial charge in [0.25, 0.3) is 0 Å². The lowest BCUT2D eigenvalue weighted by Gasteiger charge is -2.36. The second-order valence-electron chi connectivity index (χ2n) is 8.78. The van der Waals surface area contributed by atoms with Crippen molar-refractivity contribution in [2.45, 2.75) is 50.0 Å². The third kappa shape index (κ3) is 7.32. The molecule has 0 bridgehead atoms. The second kappa shape index (κ2) is 13.4. The first kappa shape index (κ1) is 27.6. The maximum absolute atomic E-state index is 11.7. The van der Waals surface area contributed by atoms with Crippen molar-refractivity contribution in [3.05, 3.63) is 94.7 Å². The lowest BCUT2D eigenvalue weighted by atomic mass is 10.0. The molecular weight excluding hydrogens is 506 g/mol. The summed E-state index contributed by atoms with van der Waals surface area (Å²) in [6.45, 7) is 2.78. The normalized spacial score (nSPS) is 19.1. The van der Waals surface area contributed by atoms with Crippen molar-refractivity contribution in [1.29, 1.82) is 0 Å². The van der Waals surface area contributed by atoms with Crippen molar-refractivity contribution in [2.24, 2.45) is 0 Å². The van der Waals surface area contributed by atoms with Crippen LogP contribution in [0.1, 0.15) is 58.4 Å². The zero-order valence-electron chi connectivity index (χ0n) is 21.0. The van der Waals surface area contributed by atoms with Crippen LogP contribution in [0, 0.1) is 0 Å². The fourth-order valence-electron chi connectivity index (χ4n) is 4.06. The third-order valence-electron chi connectivity index (χ3n) is 6.06. The molecule has 200 valence electrons. The van der Waals surface area contributed by atoms with E-state index in [1.54, 1.807) is 18.3 Å². The molecule has 1 saturated heterocycles. The van der Waals surface area contributed by atoms with Gasteiger partial charge in [-0.1, -0.05) is 48.5 Å². The van der Waals surface area contributed by atoms with E-state index in [9.17, 15) is 19.8 Å². The molecule has 3 aromatic rings. The Morgan fingerprint density at radius 2 is 1.71 bits per heavy atom. The van der Waals surface area contributed by atoms with Crippen molar-refractivity contribution >= 4 is 23.8 Å². The van der Waals surface area contributed by atoms with Crippen LogP contribution in [0.5, 0.6) is 0 Å². The monoisotopic (exact) mass is 537 g/mol. The van der Waals surface area contributed by atoms with Crippen LogP contribution in [0.4, 0.5) is 4.79 Å². The van der Waals surface area contributed by atoms with Gasteiger partial charge in [0.1, 0.15) is 5.03 Å². The van der Waals surface area contributed by atoms with Crippen molar-refractivity contribution in [3.63, 3.8) is 0 Å². The lowest BCUT2D eigenvalue weighted by molar-refractivity contribution is -0.245. The highest BCUT2D eigenvalue weighted by atomic mass is 32.2. The number of pyridine rings is 1. The molecule has 38 heavy (non-hydrogen) atoms. The minimum atomic E-state index is -1.02. The largest absolute Gasteiger partial charge is 0.478 e. The number of aliphatic hydroxyl groups is 1. The van der Waals surface area contributed by atoms with Crippen LogP contribution < -0.4 is 10.6 Å². The molecule has 0 radical (unpaired) electrons. The first-order chi connectivity index (χ1) is 18.5. The van der Waals surface area contributed by atoms with Crippen LogP contribution in [0.2, 0.25) is 0 Å². The first-order valence-electron chi connectivity index (χ1n) is 12.4. The zero-order valence-corrected chi connectivity index (χ0v) is 21.8. The number of nitrogens with one attached hydrogen (secondary N) is 2. The van der Waals surface area contributed by atoms with Crippen molar-refractivity contribution in [1.82, 2.24) is 15.6 Å². The van der Waals surface area contributed by atoms with Crippen LogP contribution >= 0.6 is 11.8 Å². The highest BCUT2D eigenvalue weighted by Crippen LogP contribution is 2.39. The van der Waals surface area contributed by atoms with E-state index in [-0.39, 0.29) is 30.4 Å². The van der Waals surface area contributed by atoms with Gasteiger partial charge in [0.15, 0.2) is 6.29 Å². The van der Waals surface area contributed by atoms with Crippen molar-refractivity contribution in [3.8, 4) is 0 Å². The van der Waals surface area contributed by atoms with E-state index in [0.717, 1.165) is 22.3 Å². The molecule has 3 atom stereocenters. The number of amides is 2. The number of aliphatic hydroxyl groups excluding tert-OH is 1. The molecule has 4 rings (SSSR count). The van der Waals surface area contributed by atoms with E-state index >= 15 is 0 Å². The molecule has 9 nitrogen and oxygen atoms in total. The van der Waals surface area contributed by atoms with E-state index in [0.29, 0.717) is 30.3 Å². The number of carboxylic acids is 1. The summed E-state index contributed by atoms with van der Waals surface area (Å²) in [5.74, 6) is -0.522. The Hall–Kier alpha value is -3.44. The molecule has 1 aliphatic rings. The molecule has 1 aliphatic heterocycles. The highest BCUT2D eigenvalue weighted by Gasteiger charge is 2.32. The Balaban J connectivity index is 1.49. The van der Waals surface area contributed by atoms with Gasteiger partial charge in [0.05, 0.1) is 24.4 Å². The number of ether oxygens (including phenoxy) is 2. The molecule has 1 fully saturated rings. The number of hydrogen-bond donors (Lipinski definition) is 4. The summed E-state index contributed by atoms with van der Waals surface area (Å²) in [6, 6.07) is 18.2. The Morgan fingerprint density at radius 1 is 1.00 bits per heavy atom. The smallest absolute Gasteiger partial charge is 0.338 e. The molecule has 0 aliphatic carbocycles. The number of carbonyl (C=O) groups is 2. The van der Waals surface area contributed by atoms with Crippen LogP contribution in [0.15, 0.2) is 71.9 Å². The van der Waals surface area contributed by atoms with Gasteiger partial charge in [-0.2, -0.15) is 0 Å². The lowest BCUT2D eigenvalue weighted by Crippen LogP contribution is -2.34. The molecule has 2 aromatic carbocycles. The van der Waals surface area contributed by atoms with E-state index in [4.69, 9.17) is 9.47 Å². The van der Waals surface area contributed by atoms with E-state index in [1.165, 1.54) is 11.8 Å². The van der Waals surface area contributed by atoms with E-state index in [1.807, 2.05) is 55.5 Å². The summed E-state index contributed by atoms with van der Waals surface area (Å²) in [7, 11) is 0. The number of rotatable bonds is 10. The van der Waals surface area contributed by atoms with Crippen molar-refractivity contribution < 1.29 is 29.3 Å². The molecule has 2 amide bonds. The molecule has 1 aromatic heterocycles. The number of aromatic carboxylic acids is 1. The number of benzene rings is 2. The molecule has 0 unspecified atom stereocenters. The Bertz CT molecular complexity index is 1220. The molecule has 10 heteroatoms. The minimum absolute atomic E-state index is 0.0336. The molecule has 4 N–H and O–H groups in total. The first-order valence-corrected chi connectivity index (χ1v) is 13.4. The van der Waals surface area contributed by atoms with Crippen molar-refractivity contribution in [2.75, 3.05) is 12.3 Å². The maximum atomic E-state index is 11.7. The number of aromatic nitrogens is 1. The van der Waals surface area contributed by atoms with Gasteiger partial charge in [-0.15, -0.1) is 11.8 Å².